The van der Waals surface area contributed by atoms with Crippen LogP contribution in [0.2, 0.25) is 0 Å². The maximum Gasteiger partial charge on any atom is 0.308 e. The van der Waals surface area contributed by atoms with E-state index in [1.54, 1.807) is 12.3 Å². The molecule has 3 N–H and O–H groups in total. The van der Waals surface area contributed by atoms with Gasteiger partial charge in [-0.05, 0) is 18.9 Å². The standard InChI is InChI=1S/C10H14N4O2/c11-10-12-4-3-8(13-10)14-5-1-2-7(6-14)9(15)16/h3-4,7H,1-2,5-6H2,(H,15,16)(H2,11,12,13). The molecule has 1 aromatic rings. The van der Waals surface area contributed by atoms with E-state index in [0.717, 1.165) is 19.4 Å². The van der Waals surface area contributed by atoms with Crippen LogP contribution in [0.15, 0.2) is 12.3 Å². The third kappa shape index (κ3) is 2.21. The maximum atomic E-state index is 10.9. The van der Waals surface area contributed by atoms with Crippen LogP contribution in [0.1, 0.15) is 12.8 Å². The lowest BCUT2D eigenvalue weighted by molar-refractivity contribution is -0.141. The molecule has 6 heteroatoms. The molecule has 1 aliphatic heterocycles. The van der Waals surface area contributed by atoms with E-state index < -0.39 is 5.97 Å². The fourth-order valence-electron chi connectivity index (χ4n) is 1.93. The smallest absolute Gasteiger partial charge is 0.308 e. The lowest BCUT2D eigenvalue weighted by Crippen LogP contribution is -2.39. The van der Waals surface area contributed by atoms with E-state index >= 15 is 0 Å². The Bertz CT molecular complexity index is 396. The second-order valence-corrected chi connectivity index (χ2v) is 3.90. The molecule has 0 amide bonds. The number of carbonyl (C=O) groups is 1. The number of anilines is 2. The number of nitrogen functional groups attached to an aromatic ring is 1. The number of aromatic nitrogens is 2. The van der Waals surface area contributed by atoms with Gasteiger partial charge < -0.3 is 15.7 Å². The number of rotatable bonds is 2. The van der Waals surface area contributed by atoms with Crippen molar-refractivity contribution in [2.75, 3.05) is 23.7 Å². The summed E-state index contributed by atoms with van der Waals surface area (Å²) in [7, 11) is 0. The second kappa shape index (κ2) is 4.34. The van der Waals surface area contributed by atoms with Gasteiger partial charge in [-0.2, -0.15) is 4.98 Å². The van der Waals surface area contributed by atoms with Crippen molar-refractivity contribution >= 4 is 17.7 Å². The Morgan fingerprint density at radius 3 is 3.12 bits per heavy atom. The van der Waals surface area contributed by atoms with Crippen LogP contribution in [0.4, 0.5) is 11.8 Å². The minimum absolute atomic E-state index is 0.218. The summed E-state index contributed by atoms with van der Waals surface area (Å²) in [6.45, 7) is 1.31. The molecule has 6 nitrogen and oxygen atoms in total. The molecule has 1 aliphatic rings. The number of aliphatic carboxylic acids is 1. The molecular formula is C10H14N4O2. The van der Waals surface area contributed by atoms with Crippen LogP contribution < -0.4 is 10.6 Å². The van der Waals surface area contributed by atoms with Crippen molar-refractivity contribution in [1.29, 1.82) is 0 Å². The quantitative estimate of drug-likeness (QED) is 0.750. The minimum Gasteiger partial charge on any atom is -0.481 e. The van der Waals surface area contributed by atoms with Crippen molar-refractivity contribution in [3.63, 3.8) is 0 Å². The maximum absolute atomic E-state index is 10.9. The van der Waals surface area contributed by atoms with E-state index in [9.17, 15) is 4.79 Å². The predicted octanol–water partition coefficient (Wildman–Crippen LogP) is 0.360. The fourth-order valence-corrected chi connectivity index (χ4v) is 1.93. The lowest BCUT2D eigenvalue weighted by Gasteiger charge is -2.31. The van der Waals surface area contributed by atoms with Crippen molar-refractivity contribution in [2.45, 2.75) is 12.8 Å². The van der Waals surface area contributed by atoms with E-state index in [0.29, 0.717) is 12.4 Å². The molecule has 0 aromatic carbocycles. The van der Waals surface area contributed by atoms with E-state index in [1.807, 2.05) is 4.90 Å². The van der Waals surface area contributed by atoms with Gasteiger partial charge in [0.25, 0.3) is 0 Å². The number of hydrogen-bond donors (Lipinski definition) is 2. The van der Waals surface area contributed by atoms with Crippen LogP contribution >= 0.6 is 0 Å². The molecule has 0 aliphatic carbocycles. The van der Waals surface area contributed by atoms with Crippen LogP contribution in [0.25, 0.3) is 0 Å². The van der Waals surface area contributed by atoms with Gasteiger partial charge in [0.2, 0.25) is 5.95 Å². The Morgan fingerprint density at radius 2 is 2.44 bits per heavy atom. The van der Waals surface area contributed by atoms with Gasteiger partial charge in [-0.3, -0.25) is 4.79 Å². The molecule has 0 saturated carbocycles. The first-order chi connectivity index (χ1) is 7.66. The molecule has 86 valence electrons. The van der Waals surface area contributed by atoms with Gasteiger partial charge in [-0.1, -0.05) is 0 Å². The number of hydrogen-bond acceptors (Lipinski definition) is 5. The molecule has 16 heavy (non-hydrogen) atoms. The first kappa shape index (κ1) is 10.7. The van der Waals surface area contributed by atoms with E-state index in [4.69, 9.17) is 10.8 Å². The van der Waals surface area contributed by atoms with E-state index in [-0.39, 0.29) is 11.9 Å². The zero-order valence-corrected chi connectivity index (χ0v) is 8.83. The highest BCUT2D eigenvalue weighted by Crippen LogP contribution is 2.21. The minimum atomic E-state index is -0.744. The van der Waals surface area contributed by atoms with Crippen LogP contribution in [0, 0.1) is 5.92 Å². The predicted molar refractivity (Wildman–Crippen MR) is 59.0 cm³/mol. The Kier molecular flexibility index (Phi) is 2.89. The third-order valence-corrected chi connectivity index (χ3v) is 2.75. The van der Waals surface area contributed by atoms with Gasteiger partial charge in [0, 0.05) is 19.3 Å². The van der Waals surface area contributed by atoms with Gasteiger partial charge in [0.1, 0.15) is 5.82 Å². The third-order valence-electron chi connectivity index (χ3n) is 2.75. The fraction of sp³-hybridized carbons (Fsp3) is 0.500. The zero-order valence-electron chi connectivity index (χ0n) is 8.83. The summed E-state index contributed by atoms with van der Waals surface area (Å²) in [6.07, 6.45) is 3.18. The summed E-state index contributed by atoms with van der Waals surface area (Å²) < 4.78 is 0. The Balaban J connectivity index is 2.12. The molecule has 1 atom stereocenters. The SMILES string of the molecule is Nc1nccc(N2CCCC(C(=O)O)C2)n1. The lowest BCUT2D eigenvalue weighted by atomic mass is 9.98. The molecular weight excluding hydrogens is 208 g/mol. The highest BCUT2D eigenvalue weighted by molar-refractivity contribution is 5.71. The van der Waals surface area contributed by atoms with Crippen LogP contribution in [0.3, 0.4) is 0 Å². The number of carboxylic acid groups (broad SMARTS) is 1. The summed E-state index contributed by atoms with van der Waals surface area (Å²) in [5, 5.41) is 8.97. The van der Waals surface area contributed by atoms with Crippen LogP contribution in [-0.4, -0.2) is 34.1 Å². The number of nitrogens with zero attached hydrogens (tertiary/aromatic N) is 3. The van der Waals surface area contributed by atoms with Crippen molar-refractivity contribution in [3.8, 4) is 0 Å². The summed E-state index contributed by atoms with van der Waals surface area (Å²) in [4.78, 5) is 20.8. The molecule has 2 rings (SSSR count). The Morgan fingerprint density at radius 1 is 1.62 bits per heavy atom. The number of nitrogens with two attached hydrogens (primary N) is 1. The molecule has 2 heterocycles. The molecule has 1 unspecified atom stereocenters. The molecule has 1 aromatic heterocycles. The largest absolute Gasteiger partial charge is 0.481 e. The van der Waals surface area contributed by atoms with Crippen LogP contribution in [-0.2, 0) is 4.79 Å². The summed E-state index contributed by atoms with van der Waals surface area (Å²) in [5.74, 6) is -0.134. The summed E-state index contributed by atoms with van der Waals surface area (Å²) in [5.41, 5.74) is 5.49. The van der Waals surface area contributed by atoms with Crippen LogP contribution in [0.5, 0.6) is 0 Å². The normalized spacial score (nSPS) is 20.8. The second-order valence-electron chi connectivity index (χ2n) is 3.90. The van der Waals surface area contributed by atoms with Gasteiger partial charge in [-0.25, -0.2) is 4.98 Å². The Labute approximate surface area is 93.1 Å². The highest BCUT2D eigenvalue weighted by atomic mass is 16.4. The highest BCUT2D eigenvalue weighted by Gasteiger charge is 2.26. The van der Waals surface area contributed by atoms with Crippen molar-refractivity contribution < 1.29 is 9.90 Å². The van der Waals surface area contributed by atoms with Gasteiger partial charge in [0.15, 0.2) is 0 Å². The zero-order chi connectivity index (χ0) is 11.5. The van der Waals surface area contributed by atoms with Crippen molar-refractivity contribution in [2.24, 2.45) is 5.92 Å². The number of piperidine rings is 1. The van der Waals surface area contributed by atoms with Crippen molar-refractivity contribution in [1.82, 2.24) is 9.97 Å². The van der Waals surface area contributed by atoms with Gasteiger partial charge in [-0.15, -0.1) is 0 Å². The van der Waals surface area contributed by atoms with Crippen molar-refractivity contribution in [3.05, 3.63) is 12.3 Å². The topological polar surface area (TPSA) is 92.3 Å². The molecule has 0 radical (unpaired) electrons. The number of carboxylic acids is 1. The monoisotopic (exact) mass is 222 g/mol. The van der Waals surface area contributed by atoms with E-state index in [2.05, 4.69) is 9.97 Å². The van der Waals surface area contributed by atoms with E-state index in [1.165, 1.54) is 0 Å². The average Bonchev–Trinajstić information content (AvgIpc) is 2.29. The molecule has 0 bridgehead atoms. The first-order valence-corrected chi connectivity index (χ1v) is 5.23. The summed E-state index contributed by atoms with van der Waals surface area (Å²) >= 11 is 0. The molecule has 1 saturated heterocycles. The van der Waals surface area contributed by atoms with Gasteiger partial charge in [0.05, 0.1) is 5.92 Å². The first-order valence-electron chi connectivity index (χ1n) is 5.23. The Hall–Kier alpha value is -1.85. The molecule has 1 fully saturated rings. The summed E-state index contributed by atoms with van der Waals surface area (Å²) in [6, 6.07) is 1.75. The van der Waals surface area contributed by atoms with Gasteiger partial charge >= 0.3 is 5.97 Å². The molecule has 0 spiro atoms. The average molecular weight is 222 g/mol.